The van der Waals surface area contributed by atoms with Crippen molar-refractivity contribution in [3.63, 3.8) is 0 Å². The zero-order valence-corrected chi connectivity index (χ0v) is 25.0. The van der Waals surface area contributed by atoms with Crippen molar-refractivity contribution in [1.29, 1.82) is 0 Å². The Morgan fingerprint density at radius 3 is 1.20 bits per heavy atom. The molecular formula is C41H30N4O. The molecule has 0 spiro atoms. The van der Waals surface area contributed by atoms with E-state index in [1.165, 1.54) is 0 Å². The molecule has 0 aliphatic rings. The molecule has 0 unspecified atom stereocenters. The van der Waals surface area contributed by atoms with Gasteiger partial charge in [0.25, 0.3) is 0 Å². The van der Waals surface area contributed by atoms with Gasteiger partial charge in [0.1, 0.15) is 12.0 Å². The second-order valence-corrected chi connectivity index (χ2v) is 11.0. The van der Waals surface area contributed by atoms with E-state index in [2.05, 4.69) is 155 Å². The number of imidazole rings is 1. The second kappa shape index (κ2) is 12.0. The highest BCUT2D eigenvalue weighted by Crippen LogP contribution is 2.39. The number of nitrogens with zero attached hydrogens (tertiary/aromatic N) is 4. The van der Waals surface area contributed by atoms with Crippen molar-refractivity contribution >= 4 is 40.0 Å². The summed E-state index contributed by atoms with van der Waals surface area (Å²) in [5.41, 5.74) is 10.4. The van der Waals surface area contributed by atoms with Crippen molar-refractivity contribution < 1.29 is 4.42 Å². The Hall–Kier alpha value is -6.33. The molecule has 220 valence electrons. The third-order valence-electron chi connectivity index (χ3n) is 8.12. The summed E-state index contributed by atoms with van der Waals surface area (Å²) >= 11 is 0. The zero-order chi connectivity index (χ0) is 30.7. The molecule has 0 N–H and O–H groups in total. The van der Waals surface area contributed by atoms with Crippen LogP contribution in [0.1, 0.15) is 0 Å². The molecule has 0 radical (unpaired) electrons. The van der Waals surface area contributed by atoms with E-state index in [0.717, 1.165) is 56.6 Å². The van der Waals surface area contributed by atoms with Crippen LogP contribution in [0.4, 0.5) is 34.1 Å². The molecule has 0 amide bonds. The summed E-state index contributed by atoms with van der Waals surface area (Å²) in [5, 5.41) is 0. The van der Waals surface area contributed by atoms with Crippen LogP contribution in [0, 0.1) is 0 Å². The van der Waals surface area contributed by atoms with Gasteiger partial charge in [0.2, 0.25) is 0 Å². The normalized spacial score (nSPS) is 11.0. The first-order valence-corrected chi connectivity index (χ1v) is 15.3. The lowest BCUT2D eigenvalue weighted by Crippen LogP contribution is -2.09. The van der Waals surface area contributed by atoms with Gasteiger partial charge in [-0.2, -0.15) is 4.98 Å². The van der Waals surface area contributed by atoms with Crippen LogP contribution in [0.5, 0.6) is 0 Å². The van der Waals surface area contributed by atoms with Crippen molar-refractivity contribution in [3.8, 4) is 22.5 Å². The third kappa shape index (κ3) is 5.10. The molecule has 5 heteroatoms. The Kier molecular flexibility index (Phi) is 7.09. The number of rotatable bonds is 8. The number of para-hydroxylation sites is 4. The highest BCUT2D eigenvalue weighted by molar-refractivity contribution is 5.85. The van der Waals surface area contributed by atoms with Crippen LogP contribution in [0.3, 0.4) is 0 Å². The van der Waals surface area contributed by atoms with Gasteiger partial charge in [-0.15, -0.1) is 0 Å². The van der Waals surface area contributed by atoms with Gasteiger partial charge in [-0.3, -0.25) is 4.40 Å². The number of aromatic nitrogens is 2. The fraction of sp³-hybridized carbons (Fsp3) is 0. The molecule has 2 heterocycles. The maximum Gasteiger partial charge on any atom is 0.306 e. The third-order valence-corrected chi connectivity index (χ3v) is 8.12. The van der Waals surface area contributed by atoms with E-state index in [1.807, 2.05) is 34.9 Å². The number of oxazole rings is 1. The van der Waals surface area contributed by atoms with E-state index in [4.69, 9.17) is 9.40 Å². The lowest BCUT2D eigenvalue weighted by atomic mass is 10.0. The average molecular weight is 595 g/mol. The Bertz CT molecular complexity index is 2090. The second-order valence-electron chi connectivity index (χ2n) is 11.0. The van der Waals surface area contributed by atoms with Crippen LogP contribution in [-0.2, 0) is 0 Å². The Labute approximate surface area is 267 Å². The summed E-state index contributed by atoms with van der Waals surface area (Å²) < 4.78 is 7.79. The van der Waals surface area contributed by atoms with E-state index in [9.17, 15) is 0 Å². The Balaban J connectivity index is 1.18. The first kappa shape index (κ1) is 27.2. The molecule has 5 nitrogen and oxygen atoms in total. The molecular weight excluding hydrogens is 564 g/mol. The average Bonchev–Trinajstić information content (AvgIpc) is 3.73. The van der Waals surface area contributed by atoms with E-state index < -0.39 is 0 Å². The number of hydrogen-bond acceptors (Lipinski definition) is 4. The highest BCUT2D eigenvalue weighted by atomic mass is 16.3. The summed E-state index contributed by atoms with van der Waals surface area (Å²) in [7, 11) is 0. The molecule has 0 aliphatic carbocycles. The van der Waals surface area contributed by atoms with Crippen molar-refractivity contribution in [3.05, 3.63) is 182 Å². The first-order valence-electron chi connectivity index (χ1n) is 15.3. The van der Waals surface area contributed by atoms with Crippen LogP contribution in [-0.4, -0.2) is 9.38 Å². The van der Waals surface area contributed by atoms with Crippen LogP contribution in [0.15, 0.2) is 187 Å². The SMILES string of the molecule is c1ccc(N(c2ccccc2)c2ccc(-c3nc4occn4c3-c3ccc(N(c4ccccc4)c4ccccc4)cc3)cc2)cc1. The van der Waals surface area contributed by atoms with E-state index in [-0.39, 0.29) is 0 Å². The molecule has 8 rings (SSSR count). The van der Waals surface area contributed by atoms with Crippen molar-refractivity contribution in [2.24, 2.45) is 0 Å². The minimum atomic E-state index is 0.559. The standard InChI is InChI=1S/C41H30N4O/c1-5-13-33(14-6-1)44(34-15-7-2-8-16-34)37-25-21-31(22-26-37)39-40(43-29-30-46-41(43)42-39)32-23-27-38(28-24-32)45(35-17-9-3-10-18-35)36-19-11-4-12-20-36/h1-30H. The molecule has 6 aromatic carbocycles. The van der Waals surface area contributed by atoms with E-state index in [0.29, 0.717) is 5.84 Å². The van der Waals surface area contributed by atoms with E-state index >= 15 is 0 Å². The van der Waals surface area contributed by atoms with Gasteiger partial charge in [-0.25, -0.2) is 0 Å². The molecule has 0 atom stereocenters. The lowest BCUT2D eigenvalue weighted by Gasteiger charge is -2.25. The molecule has 0 saturated heterocycles. The van der Waals surface area contributed by atoms with Crippen molar-refractivity contribution in [2.45, 2.75) is 0 Å². The quantitative estimate of drug-likeness (QED) is 0.175. The van der Waals surface area contributed by atoms with Gasteiger partial charge < -0.3 is 14.2 Å². The topological polar surface area (TPSA) is 36.9 Å². The molecule has 46 heavy (non-hydrogen) atoms. The summed E-state index contributed by atoms with van der Waals surface area (Å²) in [6.07, 6.45) is 3.60. The van der Waals surface area contributed by atoms with Crippen LogP contribution in [0.2, 0.25) is 0 Å². The molecule has 8 aromatic rings. The van der Waals surface area contributed by atoms with Crippen LogP contribution < -0.4 is 9.80 Å². The summed E-state index contributed by atoms with van der Waals surface area (Å²) in [4.78, 5) is 9.46. The van der Waals surface area contributed by atoms with E-state index in [1.54, 1.807) is 6.26 Å². The Morgan fingerprint density at radius 1 is 0.413 bits per heavy atom. The molecule has 0 bridgehead atoms. The molecule has 2 aromatic heterocycles. The van der Waals surface area contributed by atoms with Crippen molar-refractivity contribution in [2.75, 3.05) is 9.80 Å². The number of hydrogen-bond donors (Lipinski definition) is 0. The predicted octanol–water partition coefficient (Wildman–Crippen LogP) is 11.2. The van der Waals surface area contributed by atoms with Crippen molar-refractivity contribution in [1.82, 2.24) is 9.38 Å². The van der Waals surface area contributed by atoms with Gasteiger partial charge in [-0.05, 0) is 72.8 Å². The van der Waals surface area contributed by atoms with Gasteiger partial charge in [0, 0.05) is 51.4 Å². The number of anilines is 6. The zero-order valence-electron chi connectivity index (χ0n) is 25.0. The summed E-state index contributed by atoms with van der Waals surface area (Å²) in [6.45, 7) is 0. The minimum Gasteiger partial charge on any atom is -0.432 e. The monoisotopic (exact) mass is 594 g/mol. The summed E-state index contributed by atoms with van der Waals surface area (Å²) in [5.74, 6) is 0.559. The largest absolute Gasteiger partial charge is 0.432 e. The fourth-order valence-corrected chi connectivity index (χ4v) is 6.00. The highest BCUT2D eigenvalue weighted by Gasteiger charge is 2.20. The maximum absolute atomic E-state index is 5.77. The Morgan fingerprint density at radius 2 is 0.783 bits per heavy atom. The summed E-state index contributed by atoms with van der Waals surface area (Å²) in [6, 6.07) is 59.0. The van der Waals surface area contributed by atoms with Gasteiger partial charge in [-0.1, -0.05) is 97.1 Å². The smallest absolute Gasteiger partial charge is 0.306 e. The van der Waals surface area contributed by atoms with Gasteiger partial charge >= 0.3 is 5.84 Å². The number of benzene rings is 6. The first-order chi connectivity index (χ1) is 22.8. The molecule has 0 saturated carbocycles. The van der Waals surface area contributed by atoms with Gasteiger partial charge in [0.15, 0.2) is 0 Å². The van der Waals surface area contributed by atoms with Crippen LogP contribution in [0.25, 0.3) is 28.4 Å². The minimum absolute atomic E-state index is 0.559. The maximum atomic E-state index is 5.77. The molecule has 0 fully saturated rings. The fourth-order valence-electron chi connectivity index (χ4n) is 6.00. The van der Waals surface area contributed by atoms with Gasteiger partial charge in [0.05, 0.1) is 5.69 Å². The lowest BCUT2D eigenvalue weighted by molar-refractivity contribution is 0.596. The predicted molar refractivity (Wildman–Crippen MR) is 188 cm³/mol. The molecule has 0 aliphatic heterocycles. The number of fused-ring (bicyclic) bond motifs is 1. The van der Waals surface area contributed by atoms with Crippen LogP contribution >= 0.6 is 0 Å².